The number of amides is 1. The Morgan fingerprint density at radius 1 is 1.43 bits per heavy atom. The molecule has 0 aromatic carbocycles. The van der Waals surface area contributed by atoms with Gasteiger partial charge in [0.2, 0.25) is 0 Å². The van der Waals surface area contributed by atoms with Crippen molar-refractivity contribution in [3.05, 3.63) is 23.2 Å². The highest BCUT2D eigenvalue weighted by Gasteiger charge is 2.59. The van der Waals surface area contributed by atoms with Crippen molar-refractivity contribution in [2.24, 2.45) is 11.3 Å². The fourth-order valence-electron chi connectivity index (χ4n) is 3.54. The zero-order valence-electron chi connectivity index (χ0n) is 12.5. The Bertz CT molecular complexity index is 581. The lowest BCUT2D eigenvalue weighted by Gasteiger charge is -2.32. The first kappa shape index (κ1) is 14.2. The summed E-state index contributed by atoms with van der Waals surface area (Å²) in [5.74, 6) is 0.308. The maximum Gasteiger partial charge on any atom is 0.307 e. The molecule has 1 aliphatic carbocycles. The molecule has 2 fully saturated rings. The third kappa shape index (κ3) is 2.34. The predicted octanol–water partition coefficient (Wildman–Crippen LogP) is 2.48. The van der Waals surface area contributed by atoms with Crippen molar-refractivity contribution in [3.8, 4) is 0 Å². The molecule has 1 N–H and O–H groups in total. The Hall–Kier alpha value is -1.78. The second-order valence-corrected chi connectivity index (χ2v) is 6.32. The van der Waals surface area contributed by atoms with Gasteiger partial charge in [0, 0.05) is 19.5 Å². The van der Waals surface area contributed by atoms with Crippen LogP contribution in [0.25, 0.3) is 0 Å². The quantitative estimate of drug-likeness (QED) is 0.928. The molecule has 2 heterocycles. The van der Waals surface area contributed by atoms with Crippen LogP contribution < -0.4 is 0 Å². The summed E-state index contributed by atoms with van der Waals surface area (Å²) < 4.78 is 5.62. The van der Waals surface area contributed by atoms with Crippen LogP contribution in [0.2, 0.25) is 0 Å². The molecule has 0 bridgehead atoms. The number of hydrogen-bond acceptors (Lipinski definition) is 3. The van der Waals surface area contributed by atoms with Crippen LogP contribution >= 0.6 is 0 Å². The zero-order chi connectivity index (χ0) is 15.2. The molecule has 2 aliphatic rings. The molecule has 3 rings (SSSR count). The van der Waals surface area contributed by atoms with Crippen molar-refractivity contribution in [1.29, 1.82) is 0 Å². The van der Waals surface area contributed by atoms with Crippen LogP contribution in [-0.2, 0) is 11.2 Å². The molecule has 1 aromatic heterocycles. The van der Waals surface area contributed by atoms with Crippen LogP contribution in [0, 0.1) is 18.3 Å². The van der Waals surface area contributed by atoms with Crippen molar-refractivity contribution in [1.82, 2.24) is 4.90 Å². The number of hydrogen-bond donors (Lipinski definition) is 1. The summed E-state index contributed by atoms with van der Waals surface area (Å²) >= 11 is 0. The molecule has 1 amide bonds. The molecule has 1 atom stereocenters. The van der Waals surface area contributed by atoms with E-state index in [1.54, 1.807) is 4.90 Å². The van der Waals surface area contributed by atoms with Crippen LogP contribution in [0.4, 0.5) is 0 Å². The SMILES string of the molecule is CCc1oc(C(=O)N2CCC3(CC2)C[C@H]3C(=O)O)cc1C. The van der Waals surface area contributed by atoms with Gasteiger partial charge in [-0.15, -0.1) is 0 Å². The van der Waals surface area contributed by atoms with Crippen molar-refractivity contribution in [3.63, 3.8) is 0 Å². The van der Waals surface area contributed by atoms with Crippen LogP contribution in [-0.4, -0.2) is 35.0 Å². The van der Waals surface area contributed by atoms with E-state index in [0.29, 0.717) is 18.8 Å². The Labute approximate surface area is 123 Å². The molecule has 0 radical (unpaired) electrons. The molecule has 21 heavy (non-hydrogen) atoms. The minimum absolute atomic E-state index is 0.0454. The topological polar surface area (TPSA) is 70.8 Å². The van der Waals surface area contributed by atoms with Crippen molar-refractivity contribution in [2.45, 2.75) is 39.5 Å². The van der Waals surface area contributed by atoms with E-state index < -0.39 is 5.97 Å². The number of carbonyl (C=O) groups excluding carboxylic acids is 1. The van der Waals surface area contributed by atoms with Gasteiger partial charge >= 0.3 is 5.97 Å². The van der Waals surface area contributed by atoms with Gasteiger partial charge in [0.1, 0.15) is 5.76 Å². The zero-order valence-corrected chi connectivity index (χ0v) is 12.5. The highest BCUT2D eigenvalue weighted by Crippen LogP contribution is 2.59. The number of likely N-dealkylation sites (tertiary alicyclic amines) is 1. The Kier molecular flexibility index (Phi) is 3.30. The fourth-order valence-corrected chi connectivity index (χ4v) is 3.54. The van der Waals surface area contributed by atoms with Crippen LogP contribution in [0.1, 0.15) is 48.1 Å². The Morgan fingerprint density at radius 3 is 2.57 bits per heavy atom. The minimum atomic E-state index is -0.691. The van der Waals surface area contributed by atoms with Gasteiger partial charge in [-0.25, -0.2) is 0 Å². The first-order chi connectivity index (χ1) is 9.97. The number of piperidine rings is 1. The van der Waals surface area contributed by atoms with Gasteiger partial charge in [0.25, 0.3) is 5.91 Å². The van der Waals surface area contributed by atoms with Gasteiger partial charge in [-0.05, 0) is 43.2 Å². The van der Waals surface area contributed by atoms with Crippen LogP contribution in [0.5, 0.6) is 0 Å². The lowest BCUT2D eigenvalue weighted by atomic mass is 9.90. The average molecular weight is 291 g/mol. The van der Waals surface area contributed by atoms with E-state index in [1.807, 2.05) is 19.9 Å². The third-order valence-corrected chi connectivity index (χ3v) is 5.09. The Morgan fingerprint density at radius 2 is 2.10 bits per heavy atom. The summed E-state index contributed by atoms with van der Waals surface area (Å²) in [5, 5.41) is 9.09. The molecule has 1 saturated carbocycles. The first-order valence-electron chi connectivity index (χ1n) is 7.58. The van der Waals surface area contributed by atoms with Crippen molar-refractivity contribution < 1.29 is 19.1 Å². The molecule has 1 aromatic rings. The second-order valence-electron chi connectivity index (χ2n) is 6.32. The first-order valence-corrected chi connectivity index (χ1v) is 7.58. The number of rotatable bonds is 3. The molecule has 5 nitrogen and oxygen atoms in total. The van der Waals surface area contributed by atoms with Gasteiger partial charge in [-0.3, -0.25) is 9.59 Å². The second kappa shape index (κ2) is 4.90. The summed E-state index contributed by atoms with van der Waals surface area (Å²) in [5.41, 5.74) is 0.971. The number of carboxylic acid groups (broad SMARTS) is 1. The third-order valence-electron chi connectivity index (χ3n) is 5.09. The van der Waals surface area contributed by atoms with Gasteiger partial charge in [0.15, 0.2) is 5.76 Å². The lowest BCUT2D eigenvalue weighted by Crippen LogP contribution is -2.39. The molecule has 1 spiro atoms. The number of carboxylic acids is 1. The number of furan rings is 1. The maximum atomic E-state index is 12.4. The average Bonchev–Trinajstić information content (AvgIpc) is 3.03. The summed E-state index contributed by atoms with van der Waals surface area (Å²) in [6.07, 6.45) is 3.12. The number of nitrogens with zero attached hydrogens (tertiary/aromatic N) is 1. The molecular formula is C16H21NO4. The maximum absolute atomic E-state index is 12.4. The largest absolute Gasteiger partial charge is 0.481 e. The highest BCUT2D eigenvalue weighted by molar-refractivity contribution is 5.92. The summed E-state index contributed by atoms with van der Waals surface area (Å²) in [7, 11) is 0. The summed E-state index contributed by atoms with van der Waals surface area (Å²) in [6.45, 7) is 5.21. The van der Waals surface area contributed by atoms with E-state index in [-0.39, 0.29) is 17.2 Å². The number of carbonyl (C=O) groups is 2. The Balaban J connectivity index is 1.64. The normalized spacial score (nSPS) is 23.3. The van der Waals surface area contributed by atoms with Crippen LogP contribution in [0.3, 0.4) is 0 Å². The van der Waals surface area contributed by atoms with E-state index in [4.69, 9.17) is 9.52 Å². The van der Waals surface area contributed by atoms with Crippen LogP contribution in [0.15, 0.2) is 10.5 Å². The molecule has 114 valence electrons. The summed E-state index contributed by atoms with van der Waals surface area (Å²) in [6, 6.07) is 1.81. The van der Waals surface area contributed by atoms with E-state index in [1.165, 1.54) is 0 Å². The van der Waals surface area contributed by atoms with E-state index in [9.17, 15) is 9.59 Å². The molecular weight excluding hydrogens is 270 g/mol. The van der Waals surface area contributed by atoms with Gasteiger partial charge in [-0.1, -0.05) is 6.92 Å². The molecule has 5 heteroatoms. The lowest BCUT2D eigenvalue weighted by molar-refractivity contribution is -0.139. The highest BCUT2D eigenvalue weighted by atomic mass is 16.4. The van der Waals surface area contributed by atoms with Gasteiger partial charge < -0.3 is 14.4 Å². The smallest absolute Gasteiger partial charge is 0.307 e. The van der Waals surface area contributed by atoms with E-state index in [2.05, 4.69) is 0 Å². The van der Waals surface area contributed by atoms with Crippen molar-refractivity contribution in [2.75, 3.05) is 13.1 Å². The monoisotopic (exact) mass is 291 g/mol. The van der Waals surface area contributed by atoms with E-state index in [0.717, 1.165) is 37.0 Å². The molecule has 1 aliphatic heterocycles. The van der Waals surface area contributed by atoms with Gasteiger partial charge in [0.05, 0.1) is 5.92 Å². The molecule has 0 unspecified atom stereocenters. The van der Waals surface area contributed by atoms with Gasteiger partial charge in [-0.2, -0.15) is 0 Å². The molecule has 1 saturated heterocycles. The number of aliphatic carboxylic acids is 1. The standard InChI is InChI=1S/C16H21NO4/c1-3-12-10(2)8-13(21-12)14(18)17-6-4-16(5-7-17)9-11(16)15(19)20/h8,11H,3-7,9H2,1-2H3,(H,19,20)/t11-/m0/s1. The fraction of sp³-hybridized carbons (Fsp3) is 0.625. The number of aryl methyl sites for hydroxylation is 2. The predicted molar refractivity (Wildman–Crippen MR) is 76.1 cm³/mol. The summed E-state index contributed by atoms with van der Waals surface area (Å²) in [4.78, 5) is 25.3. The minimum Gasteiger partial charge on any atom is -0.481 e. The van der Waals surface area contributed by atoms with E-state index >= 15 is 0 Å². The van der Waals surface area contributed by atoms with Crippen molar-refractivity contribution >= 4 is 11.9 Å².